The molecule has 0 spiro atoms. The molecule has 0 atom stereocenters. The van der Waals surface area contributed by atoms with Crippen molar-refractivity contribution in [1.82, 2.24) is 9.97 Å². The van der Waals surface area contributed by atoms with Crippen LogP contribution in [0, 0.1) is 0 Å². The molecule has 0 aliphatic carbocycles. The van der Waals surface area contributed by atoms with Crippen LogP contribution in [0.15, 0.2) is 6.20 Å². The summed E-state index contributed by atoms with van der Waals surface area (Å²) in [5.74, 6) is -0.547. The number of H-pyrrole nitrogens is 1. The van der Waals surface area contributed by atoms with Gasteiger partial charge in [0.2, 0.25) is 5.82 Å². The van der Waals surface area contributed by atoms with Crippen LogP contribution in [0.4, 0.5) is 5.82 Å². The average Bonchev–Trinajstić information content (AvgIpc) is 2.65. The highest BCUT2D eigenvalue weighted by atomic mass is 28.3. The zero-order valence-corrected chi connectivity index (χ0v) is 10.6. The summed E-state index contributed by atoms with van der Waals surface area (Å²) in [6, 6.07) is 0. The summed E-state index contributed by atoms with van der Waals surface area (Å²) in [7, 11) is -0.924. The lowest BCUT2D eigenvalue weighted by molar-refractivity contribution is 0.0685. The van der Waals surface area contributed by atoms with Gasteiger partial charge >= 0.3 is 5.97 Å². The molecule has 0 aliphatic heterocycles. The molecule has 1 aromatic rings. The van der Waals surface area contributed by atoms with Gasteiger partial charge in [0, 0.05) is 19.3 Å². The Morgan fingerprint density at radius 2 is 2.44 bits per heavy atom. The summed E-state index contributed by atoms with van der Waals surface area (Å²) in [5.41, 5.74) is 0. The molecule has 7 heteroatoms. The van der Waals surface area contributed by atoms with Crippen molar-refractivity contribution < 1.29 is 14.3 Å². The number of carboxylic acid groups (broad SMARTS) is 1. The van der Waals surface area contributed by atoms with Crippen molar-refractivity contribution in [3.63, 3.8) is 0 Å². The first-order valence-electron chi connectivity index (χ1n) is 5.23. The van der Waals surface area contributed by atoms with Crippen LogP contribution in [0.3, 0.4) is 0 Å². The number of nitrogens with zero attached hydrogens (tertiary/aromatic N) is 1. The predicted octanol–water partition coefficient (Wildman–Crippen LogP) is 0.910. The summed E-state index contributed by atoms with van der Waals surface area (Å²) in [5, 5.41) is 11.7. The van der Waals surface area contributed by atoms with Crippen LogP contribution in [0.25, 0.3) is 0 Å². The Bertz CT molecular complexity index is 340. The van der Waals surface area contributed by atoms with E-state index < -0.39 is 15.0 Å². The van der Waals surface area contributed by atoms with Crippen molar-refractivity contribution in [3.05, 3.63) is 12.0 Å². The minimum atomic E-state index is -1.05. The monoisotopic (exact) mass is 243 g/mol. The van der Waals surface area contributed by atoms with Crippen molar-refractivity contribution in [3.8, 4) is 0 Å². The molecular weight excluding hydrogens is 226 g/mol. The lowest BCUT2D eigenvalue weighted by Gasteiger charge is -2.06. The number of carbonyl (C=O) groups is 1. The van der Waals surface area contributed by atoms with Crippen molar-refractivity contribution in [2.75, 3.05) is 18.5 Å². The first-order valence-corrected chi connectivity index (χ1v) is 8.02. The molecule has 1 rings (SSSR count). The number of aromatic nitrogens is 2. The maximum atomic E-state index is 10.5. The van der Waals surface area contributed by atoms with Crippen molar-refractivity contribution in [1.29, 1.82) is 0 Å². The highest BCUT2D eigenvalue weighted by molar-refractivity contribution is 6.48. The molecule has 16 heavy (non-hydrogen) atoms. The van der Waals surface area contributed by atoms with Crippen molar-refractivity contribution >= 4 is 20.8 Å². The number of anilines is 1. The average molecular weight is 243 g/mol. The smallest absolute Gasteiger partial charge is 0.371 e. The first kappa shape index (κ1) is 12.7. The van der Waals surface area contributed by atoms with Crippen LogP contribution in [-0.4, -0.2) is 43.2 Å². The van der Waals surface area contributed by atoms with E-state index in [9.17, 15) is 4.79 Å². The first-order chi connectivity index (χ1) is 7.59. The highest BCUT2D eigenvalue weighted by Crippen LogP contribution is 2.03. The van der Waals surface area contributed by atoms with Crippen molar-refractivity contribution in [2.45, 2.75) is 19.5 Å². The molecule has 6 nitrogen and oxygen atoms in total. The minimum Gasteiger partial charge on any atom is -0.475 e. The summed E-state index contributed by atoms with van der Waals surface area (Å²) in [6.45, 7) is 5.72. The Labute approximate surface area is 95.8 Å². The molecule has 0 saturated carbocycles. The number of aromatic carboxylic acids is 1. The lowest BCUT2D eigenvalue weighted by atomic mass is 10.4. The van der Waals surface area contributed by atoms with Crippen LogP contribution in [0.1, 0.15) is 17.0 Å². The summed E-state index contributed by atoms with van der Waals surface area (Å²) in [4.78, 5) is 16.9. The van der Waals surface area contributed by atoms with E-state index in [-0.39, 0.29) is 5.82 Å². The fourth-order valence-electron chi connectivity index (χ4n) is 1.13. The Kier molecular flexibility index (Phi) is 5.00. The van der Waals surface area contributed by atoms with E-state index in [1.165, 1.54) is 0 Å². The molecule has 3 N–H and O–H groups in total. The number of aromatic amines is 1. The van der Waals surface area contributed by atoms with Gasteiger partial charge in [-0.2, -0.15) is 0 Å². The molecular formula is C9H17N3O3Si. The molecule has 0 unspecified atom stereocenters. The SMILES string of the molecule is C[SiH](C)OCCCNc1c[nH]c(C(=O)O)n1. The van der Waals surface area contributed by atoms with Gasteiger partial charge in [-0.25, -0.2) is 9.78 Å². The van der Waals surface area contributed by atoms with Gasteiger partial charge in [0.05, 0.1) is 0 Å². The van der Waals surface area contributed by atoms with Crippen LogP contribution < -0.4 is 5.32 Å². The van der Waals surface area contributed by atoms with Gasteiger partial charge in [-0.15, -0.1) is 0 Å². The van der Waals surface area contributed by atoms with E-state index in [1.54, 1.807) is 6.20 Å². The number of nitrogens with one attached hydrogen (secondary N) is 2. The molecule has 0 amide bonds. The Balaban J connectivity index is 2.19. The van der Waals surface area contributed by atoms with E-state index in [0.29, 0.717) is 5.82 Å². The van der Waals surface area contributed by atoms with Gasteiger partial charge in [-0.3, -0.25) is 0 Å². The fraction of sp³-hybridized carbons (Fsp3) is 0.556. The van der Waals surface area contributed by atoms with Gasteiger partial charge < -0.3 is 19.8 Å². The minimum absolute atomic E-state index is 0.0478. The summed E-state index contributed by atoms with van der Waals surface area (Å²) < 4.78 is 5.50. The van der Waals surface area contributed by atoms with E-state index in [1.807, 2.05) is 0 Å². The van der Waals surface area contributed by atoms with Gasteiger partial charge in [0.25, 0.3) is 0 Å². The molecule has 0 aliphatic rings. The van der Waals surface area contributed by atoms with E-state index >= 15 is 0 Å². The van der Waals surface area contributed by atoms with Gasteiger partial charge in [-0.1, -0.05) is 0 Å². The van der Waals surface area contributed by atoms with Crippen LogP contribution in [0.2, 0.25) is 13.1 Å². The fourth-order valence-corrected chi connectivity index (χ4v) is 1.77. The standard InChI is InChI=1S/C9H17N3O3Si/c1-16(2)15-5-3-4-10-7-6-11-8(12-7)9(13)14/h6,10,16H,3-5H2,1-2H3,(H,11,12)(H,13,14). The number of hydrogen-bond donors (Lipinski definition) is 3. The van der Waals surface area contributed by atoms with Gasteiger partial charge in [0.1, 0.15) is 5.82 Å². The number of rotatable bonds is 7. The van der Waals surface area contributed by atoms with Crippen LogP contribution in [-0.2, 0) is 4.43 Å². The third kappa shape index (κ3) is 4.45. The molecule has 90 valence electrons. The zero-order chi connectivity index (χ0) is 12.0. The molecule has 0 fully saturated rings. The van der Waals surface area contributed by atoms with E-state index in [0.717, 1.165) is 19.6 Å². The maximum absolute atomic E-state index is 10.5. The number of hydrogen-bond acceptors (Lipinski definition) is 4. The van der Waals surface area contributed by atoms with E-state index in [4.69, 9.17) is 9.53 Å². The second-order valence-electron chi connectivity index (χ2n) is 3.64. The maximum Gasteiger partial charge on any atom is 0.371 e. The van der Waals surface area contributed by atoms with Gasteiger partial charge in [-0.05, 0) is 19.5 Å². The topological polar surface area (TPSA) is 87.2 Å². The molecule has 0 saturated heterocycles. The highest BCUT2D eigenvalue weighted by Gasteiger charge is 2.07. The largest absolute Gasteiger partial charge is 0.475 e. The van der Waals surface area contributed by atoms with Gasteiger partial charge in [0.15, 0.2) is 9.04 Å². The number of imidazole rings is 1. The molecule has 0 aromatic carbocycles. The lowest BCUT2D eigenvalue weighted by Crippen LogP contribution is -2.12. The predicted molar refractivity (Wildman–Crippen MR) is 63.5 cm³/mol. The third-order valence-electron chi connectivity index (χ3n) is 1.86. The van der Waals surface area contributed by atoms with Crippen LogP contribution in [0.5, 0.6) is 0 Å². The zero-order valence-electron chi connectivity index (χ0n) is 9.49. The Morgan fingerprint density at radius 1 is 1.69 bits per heavy atom. The molecule has 1 aromatic heterocycles. The van der Waals surface area contributed by atoms with Crippen LogP contribution >= 0.6 is 0 Å². The van der Waals surface area contributed by atoms with Crippen molar-refractivity contribution in [2.24, 2.45) is 0 Å². The summed E-state index contributed by atoms with van der Waals surface area (Å²) >= 11 is 0. The quantitative estimate of drug-likeness (QED) is 0.489. The third-order valence-corrected chi connectivity index (χ3v) is 2.76. The van der Waals surface area contributed by atoms with E-state index in [2.05, 4.69) is 28.4 Å². The molecule has 0 bridgehead atoms. The second-order valence-corrected chi connectivity index (χ2v) is 6.07. The Hall–Kier alpha value is -1.34. The number of carboxylic acids is 1. The molecule has 1 heterocycles. The summed E-state index contributed by atoms with van der Waals surface area (Å²) in [6.07, 6.45) is 2.43. The molecule has 0 radical (unpaired) electrons. The normalized spacial score (nSPS) is 10.7. The Morgan fingerprint density at radius 3 is 3.00 bits per heavy atom. The second kappa shape index (κ2) is 6.29.